The van der Waals surface area contributed by atoms with Crippen molar-refractivity contribution in [3.05, 3.63) is 67.0 Å². The zero-order chi connectivity index (χ0) is 21.8. The molecule has 4 rings (SSSR count). The summed E-state index contributed by atoms with van der Waals surface area (Å²) >= 11 is 0. The number of nitrogens with zero attached hydrogens (tertiary/aromatic N) is 3. The van der Waals surface area contributed by atoms with Gasteiger partial charge in [0.2, 0.25) is 5.95 Å². The highest BCUT2D eigenvalue weighted by molar-refractivity contribution is 7.99. The number of Topliss-reactive ketones (excluding diaryl/α,β-unsaturated/α-hetero) is 1. The van der Waals surface area contributed by atoms with Crippen molar-refractivity contribution in [2.45, 2.75) is 17.9 Å². The number of carbonyl (C=O) groups is 1. The lowest BCUT2D eigenvalue weighted by atomic mass is 10.1. The molecule has 8 heteroatoms. The largest absolute Gasteiger partial charge is 0.373 e. The molecule has 1 aliphatic heterocycles. The van der Waals surface area contributed by atoms with Crippen LogP contribution < -0.4 is 9.62 Å². The molecule has 2 aromatic carbocycles. The molecule has 1 aliphatic rings. The lowest BCUT2D eigenvalue weighted by molar-refractivity contribution is 0.0438. The number of morpholine rings is 1. The van der Waals surface area contributed by atoms with Crippen LogP contribution in [0, 0.1) is 0 Å². The fraction of sp³-hybridized carbons (Fsp3) is 0.261. The number of benzene rings is 2. The minimum absolute atomic E-state index is 0.0697. The Morgan fingerprint density at radius 1 is 1.26 bits per heavy atom. The van der Waals surface area contributed by atoms with Crippen molar-refractivity contribution < 1.29 is 13.7 Å². The van der Waals surface area contributed by atoms with Crippen LogP contribution in [0.25, 0.3) is 10.8 Å². The molecule has 1 aromatic heterocycles. The molecule has 160 valence electrons. The zero-order valence-corrected chi connectivity index (χ0v) is 18.1. The van der Waals surface area contributed by atoms with Crippen LogP contribution in [0.3, 0.4) is 0 Å². The number of hydrogen-bond acceptors (Lipinski definition) is 6. The molecule has 2 heterocycles. The smallest absolute Gasteiger partial charge is 0.225 e. The first-order valence-corrected chi connectivity index (χ1v) is 11.6. The first-order valence-electron chi connectivity index (χ1n) is 9.99. The van der Waals surface area contributed by atoms with E-state index in [0.717, 1.165) is 10.8 Å². The summed E-state index contributed by atoms with van der Waals surface area (Å²) in [4.78, 5) is 22.7. The predicted octanol–water partition coefficient (Wildman–Crippen LogP) is 2.47. The van der Waals surface area contributed by atoms with Gasteiger partial charge in [0.05, 0.1) is 32.9 Å². The van der Waals surface area contributed by atoms with Gasteiger partial charge in [-0.2, -0.15) is 0 Å². The Labute approximate surface area is 181 Å². The molecule has 0 bridgehead atoms. The van der Waals surface area contributed by atoms with Gasteiger partial charge in [0, 0.05) is 32.0 Å². The van der Waals surface area contributed by atoms with E-state index in [1.165, 1.54) is 19.3 Å². The van der Waals surface area contributed by atoms with Gasteiger partial charge in [0.15, 0.2) is 5.78 Å². The third-order valence-corrected chi connectivity index (χ3v) is 7.13. The molecule has 7 nitrogen and oxygen atoms in total. The van der Waals surface area contributed by atoms with E-state index in [9.17, 15) is 9.00 Å². The summed E-state index contributed by atoms with van der Waals surface area (Å²) in [7, 11) is -2.77. The number of nitrogens with one attached hydrogen (secondary N) is 1. The van der Waals surface area contributed by atoms with Gasteiger partial charge in [-0.3, -0.25) is 4.79 Å². The first-order chi connectivity index (χ1) is 15.0. The summed E-state index contributed by atoms with van der Waals surface area (Å²) in [6.07, 6.45) is 2.86. The molecular weight excluding hydrogens is 412 g/mol. The monoisotopic (exact) mass is 436 g/mol. The van der Waals surface area contributed by atoms with E-state index in [2.05, 4.69) is 26.3 Å². The standard InChI is InChI=1S/C23H24N4O3S/c1-3-31(29,22-9-8-18-6-4-5-7-19(18)12-22)26-15-21-16-27(10-11-30-21)23-24-13-20(14-25-23)17(2)28/h4-9,12-14,21H,1,10-11,15-16H2,2H3,(H,26,29). The number of carbonyl (C=O) groups excluding carboxylic acids is 1. The van der Waals surface area contributed by atoms with E-state index in [0.29, 0.717) is 42.6 Å². The van der Waals surface area contributed by atoms with Crippen LogP contribution in [0.2, 0.25) is 0 Å². The van der Waals surface area contributed by atoms with Gasteiger partial charge in [-0.25, -0.2) is 18.9 Å². The van der Waals surface area contributed by atoms with E-state index in [-0.39, 0.29) is 11.9 Å². The Hall–Kier alpha value is -3.03. The fourth-order valence-electron chi connectivity index (χ4n) is 3.47. The highest BCUT2D eigenvalue weighted by Crippen LogP contribution is 2.19. The normalized spacial score (nSPS) is 18.4. The Balaban J connectivity index is 1.46. The highest BCUT2D eigenvalue weighted by atomic mass is 32.2. The molecular formula is C23H24N4O3S. The SMILES string of the molecule is C=C=S(=O)(NCC1CN(c2ncc(C(C)=O)cn2)CCO1)c1ccc2ccccc2c1. The summed E-state index contributed by atoms with van der Waals surface area (Å²) in [6.45, 7) is 7.20. The van der Waals surface area contributed by atoms with Crippen LogP contribution in [0.15, 0.2) is 66.3 Å². The Morgan fingerprint density at radius 2 is 2.00 bits per heavy atom. The van der Waals surface area contributed by atoms with Gasteiger partial charge in [-0.15, -0.1) is 0 Å². The molecule has 1 fully saturated rings. The fourth-order valence-corrected chi connectivity index (χ4v) is 4.87. The molecule has 0 amide bonds. The number of fused-ring (bicyclic) bond motifs is 1. The molecule has 0 aliphatic carbocycles. The van der Waals surface area contributed by atoms with E-state index >= 15 is 0 Å². The third-order valence-electron chi connectivity index (χ3n) is 5.24. The molecule has 31 heavy (non-hydrogen) atoms. The average molecular weight is 437 g/mol. The van der Waals surface area contributed by atoms with Crippen LogP contribution in [-0.4, -0.2) is 57.3 Å². The van der Waals surface area contributed by atoms with Crippen LogP contribution in [0.5, 0.6) is 0 Å². The predicted molar refractivity (Wildman–Crippen MR) is 123 cm³/mol. The van der Waals surface area contributed by atoms with E-state index in [4.69, 9.17) is 4.74 Å². The Bertz CT molecular complexity index is 1250. The third kappa shape index (κ3) is 4.68. The lowest BCUT2D eigenvalue weighted by Crippen LogP contribution is -2.48. The van der Waals surface area contributed by atoms with E-state index in [1.54, 1.807) is 0 Å². The maximum atomic E-state index is 13.5. The molecule has 0 spiro atoms. The number of rotatable bonds is 6. The van der Waals surface area contributed by atoms with Crippen molar-refractivity contribution in [1.29, 1.82) is 0 Å². The summed E-state index contributed by atoms with van der Waals surface area (Å²) < 4.78 is 22.4. The molecule has 2 atom stereocenters. The number of ether oxygens (including phenoxy) is 1. The molecule has 0 radical (unpaired) electrons. The van der Waals surface area contributed by atoms with Crippen molar-refractivity contribution in [1.82, 2.24) is 14.7 Å². The number of ketones is 1. The average Bonchev–Trinajstić information content (AvgIpc) is 2.82. The van der Waals surface area contributed by atoms with Gasteiger partial charge in [-0.05, 0) is 41.4 Å². The van der Waals surface area contributed by atoms with Gasteiger partial charge < -0.3 is 9.64 Å². The van der Waals surface area contributed by atoms with Crippen LogP contribution in [0.1, 0.15) is 17.3 Å². The Morgan fingerprint density at radius 3 is 2.71 bits per heavy atom. The second kappa shape index (κ2) is 8.99. The highest BCUT2D eigenvalue weighted by Gasteiger charge is 2.24. The van der Waals surface area contributed by atoms with Crippen molar-refractivity contribution in [2.24, 2.45) is 0 Å². The van der Waals surface area contributed by atoms with E-state index in [1.807, 2.05) is 47.4 Å². The quantitative estimate of drug-likeness (QED) is 0.472. The van der Waals surface area contributed by atoms with Crippen molar-refractivity contribution in [2.75, 3.05) is 31.1 Å². The van der Waals surface area contributed by atoms with Gasteiger partial charge in [-0.1, -0.05) is 30.3 Å². The van der Waals surface area contributed by atoms with E-state index < -0.39 is 9.71 Å². The van der Waals surface area contributed by atoms with Gasteiger partial charge >= 0.3 is 0 Å². The number of anilines is 1. The van der Waals surface area contributed by atoms with Gasteiger partial charge in [0.1, 0.15) is 0 Å². The minimum atomic E-state index is -2.77. The topological polar surface area (TPSA) is 84.4 Å². The number of aromatic nitrogens is 2. The molecule has 1 N–H and O–H groups in total. The van der Waals surface area contributed by atoms with Crippen molar-refractivity contribution >= 4 is 37.2 Å². The van der Waals surface area contributed by atoms with Crippen molar-refractivity contribution in [3.8, 4) is 0 Å². The summed E-state index contributed by atoms with van der Waals surface area (Å²) in [5.74, 6) is 0.476. The maximum Gasteiger partial charge on any atom is 0.225 e. The van der Waals surface area contributed by atoms with Crippen LogP contribution in [-0.2, 0) is 14.4 Å². The van der Waals surface area contributed by atoms with Crippen LogP contribution >= 0.6 is 0 Å². The Kier molecular flexibility index (Phi) is 6.15. The van der Waals surface area contributed by atoms with Gasteiger partial charge in [0.25, 0.3) is 0 Å². The lowest BCUT2D eigenvalue weighted by Gasteiger charge is -2.33. The molecule has 2 unspecified atom stereocenters. The summed E-state index contributed by atoms with van der Waals surface area (Å²) in [5.41, 5.74) is 0.479. The second-order valence-electron chi connectivity index (χ2n) is 7.32. The molecule has 0 saturated carbocycles. The number of hydrogen-bond donors (Lipinski definition) is 1. The second-order valence-corrected chi connectivity index (χ2v) is 9.49. The minimum Gasteiger partial charge on any atom is -0.373 e. The zero-order valence-electron chi connectivity index (χ0n) is 17.3. The van der Waals surface area contributed by atoms with Crippen molar-refractivity contribution in [3.63, 3.8) is 0 Å². The molecule has 1 saturated heterocycles. The maximum absolute atomic E-state index is 13.5. The summed E-state index contributed by atoms with van der Waals surface area (Å²) in [6, 6.07) is 13.6. The first kappa shape index (κ1) is 21.2. The van der Waals surface area contributed by atoms with Crippen LogP contribution in [0.4, 0.5) is 5.95 Å². The summed E-state index contributed by atoms with van der Waals surface area (Å²) in [5, 5.41) is 4.79. The molecule has 3 aromatic rings.